The van der Waals surface area contributed by atoms with Crippen molar-refractivity contribution in [1.82, 2.24) is 25.9 Å². The van der Waals surface area contributed by atoms with Gasteiger partial charge in [0, 0.05) is 25.9 Å². The Morgan fingerprint density at radius 1 is 1.14 bits per heavy atom. The summed E-state index contributed by atoms with van der Waals surface area (Å²) in [5.41, 5.74) is 0.901. The summed E-state index contributed by atoms with van der Waals surface area (Å²) in [6.07, 6.45) is 3.51. The molecule has 1 saturated heterocycles. The number of likely N-dealkylation sites (N-methyl/N-ethyl adjacent to an activating group) is 1. The van der Waals surface area contributed by atoms with Gasteiger partial charge in [-0.25, -0.2) is 4.98 Å². The first-order chi connectivity index (χ1) is 17.3. The summed E-state index contributed by atoms with van der Waals surface area (Å²) in [5.74, 6) is -2.76. The number of rotatable bonds is 10. The largest absolute Gasteiger partial charge is 0.551 e. The first-order valence-electron chi connectivity index (χ1n) is 11.7. The van der Waals surface area contributed by atoms with Crippen LogP contribution in [-0.2, 0) is 30.1 Å². The Morgan fingerprint density at radius 2 is 1.89 bits per heavy atom. The molecule has 0 bridgehead atoms. The second kappa shape index (κ2) is 12.8. The maximum absolute atomic E-state index is 13.5. The zero-order valence-corrected chi connectivity index (χ0v) is 20.5. The predicted molar refractivity (Wildman–Crippen MR) is 130 cm³/mol. The van der Waals surface area contributed by atoms with E-state index < -0.39 is 48.9 Å². The summed E-state index contributed by atoms with van der Waals surface area (Å²) >= 11 is 0. The number of nitrogens with one attached hydrogen (secondary N) is 3. The standard InChI is InChI=1S/C24H30BN5O6/c1-15(2)11-20(25-35-19(24(34)26-3)13-21(31)36-25)30-22(32)17(12-16-7-5-4-6-8-16)29-23(33)18-14-27-9-10-28-18/h4-10,14-15,17,19-20H,11-13H2,1-3H3,(H,26,34)(H,29,33)(H,30,32)/t17?,19-,20+/m1/s1. The molecule has 1 fully saturated rings. The average molecular weight is 495 g/mol. The van der Waals surface area contributed by atoms with Crippen molar-refractivity contribution in [3.05, 3.63) is 60.2 Å². The summed E-state index contributed by atoms with van der Waals surface area (Å²) in [4.78, 5) is 58.4. The van der Waals surface area contributed by atoms with Crippen LogP contribution >= 0.6 is 0 Å². The summed E-state index contributed by atoms with van der Waals surface area (Å²) in [7, 11) is 0.287. The Labute approximate surface area is 209 Å². The van der Waals surface area contributed by atoms with E-state index in [1.54, 1.807) is 0 Å². The lowest BCUT2D eigenvalue weighted by Gasteiger charge is -2.32. The molecule has 11 nitrogen and oxygen atoms in total. The van der Waals surface area contributed by atoms with Gasteiger partial charge < -0.3 is 25.3 Å². The molecular weight excluding hydrogens is 465 g/mol. The van der Waals surface area contributed by atoms with E-state index in [9.17, 15) is 19.2 Å². The van der Waals surface area contributed by atoms with E-state index in [2.05, 4.69) is 25.9 Å². The van der Waals surface area contributed by atoms with Gasteiger partial charge >= 0.3 is 7.12 Å². The number of carbonyl (C=O) groups excluding carboxylic acids is 4. The van der Waals surface area contributed by atoms with Gasteiger partial charge in [-0.05, 0) is 17.9 Å². The highest BCUT2D eigenvalue weighted by molar-refractivity contribution is 6.50. The van der Waals surface area contributed by atoms with Crippen molar-refractivity contribution in [2.45, 2.75) is 51.2 Å². The summed E-state index contributed by atoms with van der Waals surface area (Å²) in [6.45, 7) is 3.88. The van der Waals surface area contributed by atoms with Crippen molar-refractivity contribution in [2.24, 2.45) is 5.92 Å². The van der Waals surface area contributed by atoms with E-state index in [4.69, 9.17) is 9.31 Å². The molecule has 1 aromatic heterocycles. The zero-order valence-electron chi connectivity index (χ0n) is 20.5. The molecule has 3 rings (SSSR count). The molecule has 2 aromatic rings. The molecule has 3 atom stereocenters. The minimum Gasteiger partial charge on any atom is -0.508 e. The van der Waals surface area contributed by atoms with Gasteiger partial charge in [-0.1, -0.05) is 44.2 Å². The van der Waals surface area contributed by atoms with E-state index in [0.29, 0.717) is 6.42 Å². The normalized spacial score (nSPS) is 17.1. The molecule has 3 N–H and O–H groups in total. The smallest absolute Gasteiger partial charge is 0.508 e. The summed E-state index contributed by atoms with van der Waals surface area (Å²) < 4.78 is 11.1. The third-order valence-corrected chi connectivity index (χ3v) is 5.52. The maximum Gasteiger partial charge on any atom is 0.551 e. The molecule has 190 valence electrons. The summed E-state index contributed by atoms with van der Waals surface area (Å²) in [5, 5.41) is 8.05. The highest BCUT2D eigenvalue weighted by atomic mass is 16.6. The number of hydrogen-bond donors (Lipinski definition) is 3. The minimum absolute atomic E-state index is 0.0695. The van der Waals surface area contributed by atoms with E-state index in [-0.39, 0.29) is 24.5 Å². The van der Waals surface area contributed by atoms with Crippen molar-refractivity contribution in [3.8, 4) is 0 Å². The monoisotopic (exact) mass is 495 g/mol. The van der Waals surface area contributed by atoms with Crippen LogP contribution in [0.2, 0.25) is 0 Å². The van der Waals surface area contributed by atoms with Crippen molar-refractivity contribution in [2.75, 3.05) is 7.05 Å². The van der Waals surface area contributed by atoms with E-state index in [1.165, 1.54) is 25.6 Å². The molecule has 36 heavy (non-hydrogen) atoms. The van der Waals surface area contributed by atoms with Crippen LogP contribution in [0.5, 0.6) is 0 Å². The maximum atomic E-state index is 13.5. The van der Waals surface area contributed by atoms with Gasteiger partial charge in [0.2, 0.25) is 11.8 Å². The SMILES string of the molecule is CNC(=O)[C@H]1CC(=O)OB([C@H](CC(C)C)NC(=O)C(Cc2ccccc2)NC(=O)c2cnccn2)O1. The van der Waals surface area contributed by atoms with Crippen molar-refractivity contribution < 1.29 is 28.5 Å². The highest BCUT2D eigenvalue weighted by Gasteiger charge is 2.44. The van der Waals surface area contributed by atoms with Crippen LogP contribution < -0.4 is 16.0 Å². The van der Waals surface area contributed by atoms with Gasteiger partial charge in [-0.15, -0.1) is 0 Å². The number of amides is 3. The molecule has 1 aromatic carbocycles. The quantitative estimate of drug-likeness (QED) is 0.403. The Kier molecular flexibility index (Phi) is 9.51. The number of hydrogen-bond acceptors (Lipinski definition) is 8. The molecule has 1 unspecified atom stereocenters. The minimum atomic E-state index is -1.16. The second-order valence-electron chi connectivity index (χ2n) is 8.85. The lowest BCUT2D eigenvalue weighted by atomic mass is 9.72. The lowest BCUT2D eigenvalue weighted by molar-refractivity contribution is -0.149. The molecular formula is C24H30BN5O6. The lowest BCUT2D eigenvalue weighted by Crippen LogP contribution is -2.59. The average Bonchev–Trinajstić information content (AvgIpc) is 2.87. The van der Waals surface area contributed by atoms with Crippen molar-refractivity contribution >= 4 is 30.8 Å². The Bertz CT molecular complexity index is 1060. The van der Waals surface area contributed by atoms with Gasteiger partial charge in [0.05, 0.1) is 18.6 Å². The Balaban J connectivity index is 1.81. The third-order valence-electron chi connectivity index (χ3n) is 5.52. The van der Waals surface area contributed by atoms with Crippen LogP contribution in [0.1, 0.15) is 42.7 Å². The van der Waals surface area contributed by atoms with Crippen LogP contribution in [0.15, 0.2) is 48.9 Å². The first-order valence-corrected chi connectivity index (χ1v) is 11.7. The number of carbonyl (C=O) groups is 4. The predicted octanol–water partition coefficient (Wildman–Crippen LogP) is 0.454. The molecule has 0 spiro atoms. The van der Waals surface area contributed by atoms with Crippen molar-refractivity contribution in [1.29, 1.82) is 0 Å². The van der Waals surface area contributed by atoms with Crippen LogP contribution in [0, 0.1) is 5.92 Å². The van der Waals surface area contributed by atoms with Gasteiger partial charge in [-0.2, -0.15) is 0 Å². The van der Waals surface area contributed by atoms with Crippen LogP contribution in [-0.4, -0.2) is 65.9 Å². The Morgan fingerprint density at radius 3 is 2.53 bits per heavy atom. The van der Waals surface area contributed by atoms with Crippen LogP contribution in [0.25, 0.3) is 0 Å². The van der Waals surface area contributed by atoms with E-state index >= 15 is 0 Å². The molecule has 12 heteroatoms. The molecule has 3 amide bonds. The zero-order chi connectivity index (χ0) is 26.1. The van der Waals surface area contributed by atoms with E-state index in [1.807, 2.05) is 44.2 Å². The number of nitrogens with zero attached hydrogens (tertiary/aromatic N) is 2. The Hall–Kier alpha value is -3.80. The fourth-order valence-corrected chi connectivity index (χ4v) is 3.80. The fourth-order valence-electron chi connectivity index (χ4n) is 3.80. The highest BCUT2D eigenvalue weighted by Crippen LogP contribution is 2.18. The van der Waals surface area contributed by atoms with Gasteiger partial charge in [0.25, 0.3) is 11.9 Å². The van der Waals surface area contributed by atoms with Crippen LogP contribution in [0.3, 0.4) is 0 Å². The van der Waals surface area contributed by atoms with Crippen molar-refractivity contribution in [3.63, 3.8) is 0 Å². The van der Waals surface area contributed by atoms with Gasteiger partial charge in [-0.3, -0.25) is 24.2 Å². The number of aromatic nitrogens is 2. The molecule has 1 aliphatic rings. The molecule has 0 saturated carbocycles. The molecule has 2 heterocycles. The molecule has 0 radical (unpaired) electrons. The first kappa shape index (κ1) is 26.8. The third kappa shape index (κ3) is 7.60. The van der Waals surface area contributed by atoms with E-state index in [0.717, 1.165) is 5.56 Å². The van der Waals surface area contributed by atoms with Crippen LogP contribution in [0.4, 0.5) is 0 Å². The second-order valence-corrected chi connectivity index (χ2v) is 8.85. The number of benzene rings is 1. The van der Waals surface area contributed by atoms with Gasteiger partial charge in [0.15, 0.2) is 0 Å². The molecule has 1 aliphatic heterocycles. The summed E-state index contributed by atoms with van der Waals surface area (Å²) in [6, 6.07) is 8.26. The van der Waals surface area contributed by atoms with Gasteiger partial charge in [0.1, 0.15) is 17.8 Å². The topological polar surface area (TPSA) is 149 Å². The fraction of sp³-hybridized carbons (Fsp3) is 0.417. The molecule has 0 aliphatic carbocycles.